The van der Waals surface area contributed by atoms with Crippen LogP contribution in [0.4, 0.5) is 0 Å². The topological polar surface area (TPSA) is 69.9 Å². The van der Waals surface area contributed by atoms with Crippen LogP contribution in [0.5, 0.6) is 0 Å². The van der Waals surface area contributed by atoms with Gasteiger partial charge in [-0.25, -0.2) is 4.79 Å². The Bertz CT molecular complexity index is 539. The Labute approximate surface area is 111 Å². The van der Waals surface area contributed by atoms with Crippen molar-refractivity contribution in [1.29, 1.82) is 0 Å². The highest BCUT2D eigenvalue weighted by Gasteiger charge is 2.22. The van der Waals surface area contributed by atoms with E-state index in [0.717, 1.165) is 5.56 Å². The second kappa shape index (κ2) is 6.08. The van der Waals surface area contributed by atoms with Gasteiger partial charge in [0.2, 0.25) is 5.82 Å². The first kappa shape index (κ1) is 13.2. The van der Waals surface area contributed by atoms with Crippen LogP contribution in [0.15, 0.2) is 30.3 Å². The van der Waals surface area contributed by atoms with Crippen molar-refractivity contribution in [3.8, 4) is 11.4 Å². The lowest BCUT2D eigenvalue weighted by atomic mass is 10.2. The van der Waals surface area contributed by atoms with E-state index >= 15 is 0 Å². The standard InChI is InChI=1S/C13H16N4O2/c1-3-11(13(18)19-4-2)17-15-12(14-16-17)10-8-6-5-7-9-10/h5-9,11H,3-4H2,1-2H3. The lowest BCUT2D eigenvalue weighted by Gasteiger charge is -2.11. The van der Waals surface area contributed by atoms with Gasteiger partial charge in [-0.15, -0.1) is 15.0 Å². The minimum atomic E-state index is -0.523. The van der Waals surface area contributed by atoms with Gasteiger partial charge in [-0.05, 0) is 18.6 Å². The molecular formula is C13H16N4O2. The lowest BCUT2D eigenvalue weighted by Crippen LogP contribution is -2.23. The van der Waals surface area contributed by atoms with E-state index in [-0.39, 0.29) is 5.97 Å². The summed E-state index contributed by atoms with van der Waals surface area (Å²) in [6, 6.07) is 8.99. The molecule has 0 amide bonds. The van der Waals surface area contributed by atoms with Crippen LogP contribution in [0.2, 0.25) is 0 Å². The smallest absolute Gasteiger partial charge is 0.332 e. The van der Waals surface area contributed by atoms with E-state index < -0.39 is 6.04 Å². The molecule has 0 N–H and O–H groups in total. The molecule has 0 aliphatic heterocycles. The van der Waals surface area contributed by atoms with Crippen molar-refractivity contribution in [2.24, 2.45) is 0 Å². The predicted octanol–water partition coefficient (Wildman–Crippen LogP) is 1.85. The van der Waals surface area contributed by atoms with E-state index in [1.807, 2.05) is 37.3 Å². The molecule has 2 aromatic rings. The maximum atomic E-state index is 11.8. The summed E-state index contributed by atoms with van der Waals surface area (Å²) in [5.41, 5.74) is 0.868. The van der Waals surface area contributed by atoms with Gasteiger partial charge in [0.25, 0.3) is 0 Å². The Balaban J connectivity index is 2.22. The summed E-state index contributed by atoms with van der Waals surface area (Å²) in [6.45, 7) is 4.00. The first-order valence-electron chi connectivity index (χ1n) is 6.27. The summed E-state index contributed by atoms with van der Waals surface area (Å²) in [5, 5.41) is 12.2. The Hall–Kier alpha value is -2.24. The molecule has 1 aromatic carbocycles. The number of esters is 1. The highest BCUT2D eigenvalue weighted by atomic mass is 16.5. The fraction of sp³-hybridized carbons (Fsp3) is 0.385. The van der Waals surface area contributed by atoms with Crippen molar-refractivity contribution in [3.63, 3.8) is 0 Å². The summed E-state index contributed by atoms with van der Waals surface area (Å²) < 4.78 is 5.00. The van der Waals surface area contributed by atoms with Gasteiger partial charge in [0, 0.05) is 5.56 Å². The van der Waals surface area contributed by atoms with Gasteiger partial charge in [0.05, 0.1) is 6.61 Å². The number of hydrogen-bond donors (Lipinski definition) is 0. The monoisotopic (exact) mass is 260 g/mol. The fourth-order valence-electron chi connectivity index (χ4n) is 1.72. The number of aromatic nitrogens is 4. The Morgan fingerprint density at radius 3 is 2.68 bits per heavy atom. The SMILES string of the molecule is CCOC(=O)C(CC)n1nnc(-c2ccccc2)n1. The molecule has 1 aromatic heterocycles. The molecule has 0 spiro atoms. The number of benzene rings is 1. The third-order valence-electron chi connectivity index (χ3n) is 2.68. The average molecular weight is 260 g/mol. The third kappa shape index (κ3) is 2.96. The average Bonchev–Trinajstić information content (AvgIpc) is 2.90. The summed E-state index contributed by atoms with van der Waals surface area (Å²) in [4.78, 5) is 13.1. The van der Waals surface area contributed by atoms with Gasteiger partial charge < -0.3 is 4.74 Å². The molecule has 1 heterocycles. The maximum Gasteiger partial charge on any atom is 0.332 e. The normalized spacial score (nSPS) is 12.1. The van der Waals surface area contributed by atoms with E-state index in [9.17, 15) is 4.79 Å². The number of carbonyl (C=O) groups excluding carboxylic acids is 1. The van der Waals surface area contributed by atoms with Crippen LogP contribution in [0.25, 0.3) is 11.4 Å². The van der Waals surface area contributed by atoms with Crippen molar-refractivity contribution >= 4 is 5.97 Å². The van der Waals surface area contributed by atoms with Gasteiger partial charge in [-0.2, -0.15) is 0 Å². The molecule has 100 valence electrons. The zero-order valence-electron chi connectivity index (χ0n) is 11.0. The van der Waals surface area contributed by atoms with Gasteiger partial charge in [0.15, 0.2) is 6.04 Å². The second-order valence-corrected chi connectivity index (χ2v) is 3.98. The number of ether oxygens (including phenoxy) is 1. The summed E-state index contributed by atoms with van der Waals surface area (Å²) in [6.07, 6.45) is 0.559. The van der Waals surface area contributed by atoms with Gasteiger partial charge in [0.1, 0.15) is 0 Å². The molecule has 19 heavy (non-hydrogen) atoms. The van der Waals surface area contributed by atoms with E-state index in [1.54, 1.807) is 6.92 Å². The molecule has 0 fully saturated rings. The zero-order chi connectivity index (χ0) is 13.7. The predicted molar refractivity (Wildman–Crippen MR) is 69.2 cm³/mol. The van der Waals surface area contributed by atoms with Crippen LogP contribution in [0.1, 0.15) is 26.3 Å². The van der Waals surface area contributed by atoms with E-state index in [2.05, 4.69) is 15.4 Å². The number of tetrazole rings is 1. The molecule has 0 saturated carbocycles. The minimum absolute atomic E-state index is 0.331. The summed E-state index contributed by atoms with van der Waals surface area (Å²) in [7, 11) is 0. The highest BCUT2D eigenvalue weighted by molar-refractivity contribution is 5.73. The summed E-state index contributed by atoms with van der Waals surface area (Å²) >= 11 is 0. The Morgan fingerprint density at radius 1 is 1.32 bits per heavy atom. The Kier molecular flexibility index (Phi) is 4.22. The molecule has 0 saturated heterocycles. The third-order valence-corrected chi connectivity index (χ3v) is 2.68. The number of carbonyl (C=O) groups is 1. The van der Waals surface area contributed by atoms with E-state index in [0.29, 0.717) is 18.9 Å². The molecule has 1 atom stereocenters. The van der Waals surface area contributed by atoms with Gasteiger partial charge in [-0.1, -0.05) is 37.3 Å². The Morgan fingerprint density at radius 2 is 2.05 bits per heavy atom. The van der Waals surface area contributed by atoms with Crippen molar-refractivity contribution in [1.82, 2.24) is 20.2 Å². The van der Waals surface area contributed by atoms with Crippen LogP contribution in [0, 0.1) is 0 Å². The maximum absolute atomic E-state index is 11.8. The largest absolute Gasteiger partial charge is 0.464 e. The lowest BCUT2D eigenvalue weighted by molar-refractivity contribution is -0.148. The molecule has 0 bridgehead atoms. The van der Waals surface area contributed by atoms with E-state index in [1.165, 1.54) is 4.80 Å². The van der Waals surface area contributed by atoms with Crippen molar-refractivity contribution in [2.75, 3.05) is 6.61 Å². The van der Waals surface area contributed by atoms with E-state index in [4.69, 9.17) is 4.74 Å². The first-order chi connectivity index (χ1) is 9.26. The molecular weight excluding hydrogens is 244 g/mol. The van der Waals surface area contributed by atoms with Crippen LogP contribution in [-0.4, -0.2) is 32.8 Å². The molecule has 0 radical (unpaired) electrons. The number of hydrogen-bond acceptors (Lipinski definition) is 5. The highest BCUT2D eigenvalue weighted by Crippen LogP contribution is 2.15. The minimum Gasteiger partial charge on any atom is -0.464 e. The number of nitrogens with zero attached hydrogens (tertiary/aromatic N) is 4. The quantitative estimate of drug-likeness (QED) is 0.767. The van der Waals surface area contributed by atoms with Crippen molar-refractivity contribution < 1.29 is 9.53 Å². The molecule has 6 heteroatoms. The molecule has 6 nitrogen and oxygen atoms in total. The van der Waals surface area contributed by atoms with Crippen LogP contribution in [0.3, 0.4) is 0 Å². The molecule has 0 aliphatic rings. The number of rotatable bonds is 5. The van der Waals surface area contributed by atoms with Crippen molar-refractivity contribution in [2.45, 2.75) is 26.3 Å². The first-order valence-corrected chi connectivity index (χ1v) is 6.27. The second-order valence-electron chi connectivity index (χ2n) is 3.98. The van der Waals surface area contributed by atoms with Crippen LogP contribution in [-0.2, 0) is 9.53 Å². The van der Waals surface area contributed by atoms with Gasteiger partial charge >= 0.3 is 5.97 Å². The molecule has 1 unspecified atom stereocenters. The van der Waals surface area contributed by atoms with Crippen molar-refractivity contribution in [3.05, 3.63) is 30.3 Å². The fourth-order valence-corrected chi connectivity index (χ4v) is 1.72. The van der Waals surface area contributed by atoms with Crippen LogP contribution < -0.4 is 0 Å². The van der Waals surface area contributed by atoms with Gasteiger partial charge in [-0.3, -0.25) is 0 Å². The molecule has 0 aliphatic carbocycles. The zero-order valence-corrected chi connectivity index (χ0v) is 11.0. The van der Waals surface area contributed by atoms with Crippen LogP contribution >= 0.6 is 0 Å². The molecule has 2 rings (SSSR count). The summed E-state index contributed by atoms with van der Waals surface area (Å²) in [5.74, 6) is 0.172.